The van der Waals surface area contributed by atoms with Gasteiger partial charge >= 0.3 is 0 Å². The molecule has 1 amide bonds. The Kier molecular flexibility index (Phi) is 7.57. The molecule has 0 radical (unpaired) electrons. The highest BCUT2D eigenvalue weighted by Gasteiger charge is 2.27. The van der Waals surface area contributed by atoms with E-state index in [2.05, 4.69) is 24.1 Å². The third-order valence-corrected chi connectivity index (χ3v) is 5.39. The average molecular weight is 332 g/mol. The Hall–Kier alpha value is -1.55. The Morgan fingerprint density at radius 1 is 1.21 bits per heavy atom. The van der Waals surface area contributed by atoms with Gasteiger partial charge in [0.1, 0.15) is 0 Å². The maximum Gasteiger partial charge on any atom is 0.220 e. The van der Waals surface area contributed by atoms with Crippen molar-refractivity contribution < 1.29 is 4.79 Å². The van der Waals surface area contributed by atoms with Crippen LogP contribution in [0.15, 0.2) is 24.3 Å². The van der Waals surface area contributed by atoms with Gasteiger partial charge in [0.15, 0.2) is 0 Å². The molecule has 1 unspecified atom stereocenters. The summed E-state index contributed by atoms with van der Waals surface area (Å²) < 4.78 is 0. The van der Waals surface area contributed by atoms with E-state index in [1.54, 1.807) is 0 Å². The highest BCUT2D eigenvalue weighted by atomic mass is 16.1. The van der Waals surface area contributed by atoms with Gasteiger partial charge in [-0.2, -0.15) is 0 Å². The number of likely N-dealkylation sites (tertiary alicyclic amines) is 1. The highest BCUT2D eigenvalue weighted by molar-refractivity contribution is 5.76. The number of nitrogen functional groups attached to an aromatic ring is 1. The second-order valence-electron chi connectivity index (χ2n) is 6.89. The van der Waals surface area contributed by atoms with E-state index in [1.165, 1.54) is 38.8 Å². The minimum absolute atomic E-state index is 0.133. The third kappa shape index (κ3) is 5.23. The van der Waals surface area contributed by atoms with Crippen molar-refractivity contribution in [2.75, 3.05) is 25.4 Å². The number of hydrogen-bond donors (Lipinski definition) is 2. The number of hydrogen-bond acceptors (Lipinski definition) is 3. The van der Waals surface area contributed by atoms with Crippen molar-refractivity contribution in [3.63, 3.8) is 0 Å². The molecule has 134 valence electrons. The topological polar surface area (TPSA) is 58.4 Å². The van der Waals surface area contributed by atoms with Crippen LogP contribution in [0.5, 0.6) is 0 Å². The predicted molar refractivity (Wildman–Crippen MR) is 101 cm³/mol. The van der Waals surface area contributed by atoms with Crippen LogP contribution >= 0.6 is 0 Å². The van der Waals surface area contributed by atoms with E-state index < -0.39 is 0 Å². The molecule has 1 saturated heterocycles. The Balaban J connectivity index is 1.84. The van der Waals surface area contributed by atoms with Crippen molar-refractivity contribution in [1.82, 2.24) is 10.2 Å². The molecule has 1 aromatic rings. The first-order valence-corrected chi connectivity index (χ1v) is 9.49. The van der Waals surface area contributed by atoms with Gasteiger partial charge in [-0.15, -0.1) is 0 Å². The van der Waals surface area contributed by atoms with Crippen LogP contribution < -0.4 is 11.1 Å². The molecule has 1 aromatic carbocycles. The van der Waals surface area contributed by atoms with Crippen LogP contribution in [0.25, 0.3) is 0 Å². The van der Waals surface area contributed by atoms with E-state index in [0.29, 0.717) is 24.8 Å². The van der Waals surface area contributed by atoms with E-state index in [4.69, 9.17) is 5.73 Å². The van der Waals surface area contributed by atoms with Gasteiger partial charge in [-0.05, 0) is 49.9 Å². The molecule has 1 heterocycles. The summed E-state index contributed by atoms with van der Waals surface area (Å²) in [6.07, 6.45) is 6.14. The van der Waals surface area contributed by atoms with Crippen LogP contribution in [0, 0.1) is 5.92 Å². The fourth-order valence-corrected chi connectivity index (χ4v) is 3.82. The summed E-state index contributed by atoms with van der Waals surface area (Å²) in [5.74, 6) is 0.793. The summed E-state index contributed by atoms with van der Waals surface area (Å²) in [5.41, 5.74) is 7.78. The van der Waals surface area contributed by atoms with Gasteiger partial charge < -0.3 is 11.1 Å². The number of anilines is 1. The van der Waals surface area contributed by atoms with E-state index in [0.717, 1.165) is 17.8 Å². The van der Waals surface area contributed by atoms with E-state index in [1.807, 2.05) is 24.3 Å². The van der Waals surface area contributed by atoms with Crippen LogP contribution in [0.3, 0.4) is 0 Å². The quantitative estimate of drug-likeness (QED) is 0.683. The molecule has 24 heavy (non-hydrogen) atoms. The molecule has 1 aliphatic rings. The van der Waals surface area contributed by atoms with Crippen LogP contribution in [0.2, 0.25) is 0 Å². The van der Waals surface area contributed by atoms with Crippen molar-refractivity contribution in [1.29, 1.82) is 0 Å². The Bertz CT molecular complexity index is 505. The number of nitrogens with two attached hydrogens (primary N) is 1. The zero-order valence-electron chi connectivity index (χ0n) is 15.3. The highest BCUT2D eigenvalue weighted by Crippen LogP contribution is 2.22. The minimum atomic E-state index is 0.133. The first-order chi connectivity index (χ1) is 11.7. The fraction of sp³-hybridized carbons (Fsp3) is 0.650. The first-order valence-electron chi connectivity index (χ1n) is 9.49. The molecule has 1 atom stereocenters. The summed E-state index contributed by atoms with van der Waals surface area (Å²) in [6, 6.07) is 8.27. The standard InChI is InChI=1S/C20H33N3O/c1-3-16(4-2)19(23-13-7-8-14-23)15-22-20(24)12-11-17-9-5-6-10-18(17)21/h5-6,9-10,16,19H,3-4,7-8,11-15,21H2,1-2H3,(H,22,24). The molecule has 2 rings (SSSR count). The number of amides is 1. The van der Waals surface area contributed by atoms with E-state index in [9.17, 15) is 4.79 Å². The molecular weight excluding hydrogens is 298 g/mol. The molecule has 0 saturated carbocycles. The van der Waals surface area contributed by atoms with Crippen LogP contribution in [0.4, 0.5) is 5.69 Å². The summed E-state index contributed by atoms with van der Waals surface area (Å²) in [6.45, 7) is 7.65. The Labute approximate surface area is 146 Å². The molecule has 3 N–H and O–H groups in total. The normalized spacial score (nSPS) is 16.5. The Morgan fingerprint density at radius 2 is 1.88 bits per heavy atom. The molecule has 0 bridgehead atoms. The molecule has 4 nitrogen and oxygen atoms in total. The zero-order chi connectivity index (χ0) is 17.4. The molecule has 0 spiro atoms. The average Bonchev–Trinajstić information content (AvgIpc) is 3.12. The van der Waals surface area contributed by atoms with Crippen molar-refractivity contribution in [3.05, 3.63) is 29.8 Å². The number of rotatable bonds is 9. The van der Waals surface area contributed by atoms with Crippen molar-refractivity contribution in [2.24, 2.45) is 5.92 Å². The SMILES string of the molecule is CCC(CC)C(CNC(=O)CCc1ccccc1N)N1CCCC1. The number of carbonyl (C=O) groups excluding carboxylic acids is 1. The second kappa shape index (κ2) is 9.67. The van der Waals surface area contributed by atoms with Crippen LogP contribution in [0.1, 0.15) is 51.5 Å². The fourth-order valence-electron chi connectivity index (χ4n) is 3.82. The lowest BCUT2D eigenvalue weighted by molar-refractivity contribution is -0.121. The second-order valence-corrected chi connectivity index (χ2v) is 6.89. The summed E-state index contributed by atoms with van der Waals surface area (Å²) in [7, 11) is 0. The van der Waals surface area contributed by atoms with Gasteiger partial charge in [0.2, 0.25) is 5.91 Å². The zero-order valence-corrected chi connectivity index (χ0v) is 15.3. The van der Waals surface area contributed by atoms with Gasteiger partial charge in [-0.25, -0.2) is 0 Å². The van der Waals surface area contributed by atoms with Gasteiger partial charge in [0, 0.05) is 24.7 Å². The maximum absolute atomic E-state index is 12.3. The Morgan fingerprint density at radius 3 is 2.50 bits per heavy atom. The van der Waals surface area contributed by atoms with E-state index >= 15 is 0 Å². The predicted octanol–water partition coefficient (Wildman–Crippen LogP) is 3.22. The summed E-state index contributed by atoms with van der Waals surface area (Å²) in [5, 5.41) is 3.18. The molecule has 1 aliphatic heterocycles. The molecule has 0 aliphatic carbocycles. The lowest BCUT2D eigenvalue weighted by atomic mass is 9.93. The number of nitrogens with zero attached hydrogens (tertiary/aromatic N) is 1. The first kappa shape index (κ1) is 18.8. The van der Waals surface area contributed by atoms with Crippen LogP contribution in [-0.4, -0.2) is 36.5 Å². The molecular formula is C20H33N3O. The molecule has 4 heteroatoms. The van der Waals surface area contributed by atoms with Crippen molar-refractivity contribution >= 4 is 11.6 Å². The maximum atomic E-state index is 12.3. The van der Waals surface area contributed by atoms with Gasteiger partial charge in [-0.1, -0.05) is 44.9 Å². The number of carbonyl (C=O) groups is 1. The van der Waals surface area contributed by atoms with Crippen molar-refractivity contribution in [3.8, 4) is 0 Å². The minimum Gasteiger partial charge on any atom is -0.399 e. The third-order valence-electron chi connectivity index (χ3n) is 5.39. The number of aryl methyl sites for hydroxylation is 1. The lowest BCUT2D eigenvalue weighted by Gasteiger charge is -2.34. The molecule has 0 aromatic heterocycles. The number of nitrogens with one attached hydrogen (secondary N) is 1. The van der Waals surface area contributed by atoms with Crippen molar-refractivity contribution in [2.45, 2.75) is 58.4 Å². The summed E-state index contributed by atoms with van der Waals surface area (Å²) >= 11 is 0. The largest absolute Gasteiger partial charge is 0.399 e. The monoisotopic (exact) mass is 331 g/mol. The van der Waals surface area contributed by atoms with Crippen LogP contribution in [-0.2, 0) is 11.2 Å². The lowest BCUT2D eigenvalue weighted by Crippen LogP contribution is -2.46. The number of para-hydroxylation sites is 1. The van der Waals surface area contributed by atoms with Gasteiger partial charge in [-0.3, -0.25) is 9.69 Å². The number of benzene rings is 1. The molecule has 1 fully saturated rings. The van der Waals surface area contributed by atoms with Gasteiger partial charge in [0.05, 0.1) is 0 Å². The smallest absolute Gasteiger partial charge is 0.220 e. The van der Waals surface area contributed by atoms with E-state index in [-0.39, 0.29) is 5.91 Å². The van der Waals surface area contributed by atoms with Gasteiger partial charge in [0.25, 0.3) is 0 Å². The summed E-state index contributed by atoms with van der Waals surface area (Å²) in [4.78, 5) is 14.9.